The second-order valence-electron chi connectivity index (χ2n) is 6.65. The van der Waals surface area contributed by atoms with Gasteiger partial charge in [0.2, 0.25) is 0 Å². The SMILES string of the molecule is CCCNc1ccc([C@H]2CCCCN2C(=O)OCc2ccccc2)cn1. The fraction of sp³-hybridized carbons (Fsp3) is 0.429. The molecule has 3 rings (SSSR count). The number of rotatable bonds is 6. The minimum absolute atomic E-state index is 0.0414. The molecule has 1 fully saturated rings. The molecule has 0 unspecified atom stereocenters. The maximum atomic E-state index is 12.6. The standard InChI is InChI=1S/C21H27N3O2/c1-2-13-22-20-12-11-18(15-23-20)19-10-6-7-14-24(19)21(25)26-16-17-8-4-3-5-9-17/h3-5,8-9,11-12,15,19H,2,6-7,10,13-14,16H2,1H3,(H,22,23)/t19-/m1/s1. The van der Waals surface area contributed by atoms with Crippen LogP contribution >= 0.6 is 0 Å². The van der Waals surface area contributed by atoms with Crippen molar-refractivity contribution in [1.29, 1.82) is 0 Å². The Morgan fingerprint density at radius 2 is 2.08 bits per heavy atom. The van der Waals surface area contributed by atoms with E-state index < -0.39 is 0 Å². The Morgan fingerprint density at radius 1 is 1.23 bits per heavy atom. The Labute approximate surface area is 155 Å². The van der Waals surface area contributed by atoms with Crippen molar-refractivity contribution in [3.63, 3.8) is 0 Å². The molecular weight excluding hydrogens is 326 g/mol. The highest BCUT2D eigenvalue weighted by Gasteiger charge is 2.29. The van der Waals surface area contributed by atoms with Gasteiger partial charge in [-0.15, -0.1) is 0 Å². The van der Waals surface area contributed by atoms with Gasteiger partial charge in [-0.2, -0.15) is 0 Å². The molecule has 0 bridgehead atoms. The number of pyridine rings is 1. The first-order chi connectivity index (χ1) is 12.8. The third-order valence-electron chi connectivity index (χ3n) is 4.67. The monoisotopic (exact) mass is 353 g/mol. The van der Waals surface area contributed by atoms with Crippen LogP contribution in [0.5, 0.6) is 0 Å². The topological polar surface area (TPSA) is 54.5 Å². The highest BCUT2D eigenvalue weighted by molar-refractivity contribution is 5.68. The number of carbonyl (C=O) groups excluding carboxylic acids is 1. The summed E-state index contributed by atoms with van der Waals surface area (Å²) in [5, 5.41) is 3.28. The van der Waals surface area contributed by atoms with Crippen LogP contribution in [-0.2, 0) is 11.3 Å². The lowest BCUT2D eigenvalue weighted by Crippen LogP contribution is -2.38. The van der Waals surface area contributed by atoms with Gasteiger partial charge in [0.15, 0.2) is 0 Å². The van der Waals surface area contributed by atoms with Crippen molar-refractivity contribution >= 4 is 11.9 Å². The fourth-order valence-electron chi connectivity index (χ4n) is 3.26. The van der Waals surface area contributed by atoms with Gasteiger partial charge in [0.1, 0.15) is 12.4 Å². The maximum absolute atomic E-state index is 12.6. The molecule has 5 nitrogen and oxygen atoms in total. The molecule has 0 spiro atoms. The summed E-state index contributed by atoms with van der Waals surface area (Å²) >= 11 is 0. The van der Waals surface area contributed by atoms with Crippen molar-refractivity contribution in [3.05, 3.63) is 59.8 Å². The van der Waals surface area contributed by atoms with Gasteiger partial charge in [0.05, 0.1) is 6.04 Å². The molecule has 0 saturated carbocycles. The highest BCUT2D eigenvalue weighted by Crippen LogP contribution is 2.31. The van der Waals surface area contributed by atoms with E-state index in [1.54, 1.807) is 0 Å². The summed E-state index contributed by atoms with van der Waals surface area (Å²) in [7, 11) is 0. The van der Waals surface area contributed by atoms with Gasteiger partial charge in [-0.25, -0.2) is 9.78 Å². The Bertz CT molecular complexity index is 688. The number of anilines is 1. The van der Waals surface area contributed by atoms with Gasteiger partial charge < -0.3 is 15.0 Å². The number of carbonyl (C=O) groups is 1. The van der Waals surface area contributed by atoms with Crippen molar-refractivity contribution in [2.75, 3.05) is 18.4 Å². The Balaban J connectivity index is 1.64. The summed E-state index contributed by atoms with van der Waals surface area (Å²) in [6.45, 7) is 4.07. The van der Waals surface area contributed by atoms with E-state index in [0.717, 1.165) is 55.7 Å². The molecule has 26 heavy (non-hydrogen) atoms. The van der Waals surface area contributed by atoms with E-state index in [-0.39, 0.29) is 12.1 Å². The van der Waals surface area contributed by atoms with Gasteiger partial charge >= 0.3 is 6.09 Å². The van der Waals surface area contributed by atoms with Crippen LogP contribution in [0, 0.1) is 0 Å². The molecule has 1 aromatic heterocycles. The summed E-state index contributed by atoms with van der Waals surface area (Å²) in [6, 6.07) is 13.9. The lowest BCUT2D eigenvalue weighted by molar-refractivity contribution is 0.0678. The number of amides is 1. The minimum Gasteiger partial charge on any atom is -0.445 e. The number of benzene rings is 1. The number of likely N-dealkylation sites (tertiary alicyclic amines) is 1. The molecule has 5 heteroatoms. The second-order valence-corrected chi connectivity index (χ2v) is 6.65. The Kier molecular flexibility index (Phi) is 6.47. The maximum Gasteiger partial charge on any atom is 0.410 e. The first-order valence-electron chi connectivity index (χ1n) is 9.45. The predicted molar refractivity (Wildman–Crippen MR) is 103 cm³/mol. The van der Waals surface area contributed by atoms with E-state index in [1.807, 2.05) is 47.5 Å². The third-order valence-corrected chi connectivity index (χ3v) is 4.67. The lowest BCUT2D eigenvalue weighted by atomic mass is 9.97. The molecule has 1 aromatic carbocycles. The zero-order chi connectivity index (χ0) is 18.2. The van der Waals surface area contributed by atoms with Crippen molar-refractivity contribution in [2.24, 2.45) is 0 Å². The molecule has 1 N–H and O–H groups in total. The summed E-state index contributed by atoms with van der Waals surface area (Å²) in [4.78, 5) is 19.0. The predicted octanol–water partition coefficient (Wildman–Crippen LogP) is 4.77. The van der Waals surface area contributed by atoms with Gasteiger partial charge in [-0.1, -0.05) is 43.3 Å². The van der Waals surface area contributed by atoms with E-state index in [2.05, 4.69) is 23.3 Å². The van der Waals surface area contributed by atoms with Crippen LogP contribution in [0.25, 0.3) is 0 Å². The molecule has 1 saturated heterocycles. The van der Waals surface area contributed by atoms with Crippen molar-refractivity contribution in [2.45, 2.75) is 45.3 Å². The van der Waals surface area contributed by atoms with Crippen LogP contribution in [0.1, 0.15) is 49.8 Å². The van der Waals surface area contributed by atoms with E-state index >= 15 is 0 Å². The molecule has 2 heterocycles. The zero-order valence-corrected chi connectivity index (χ0v) is 15.4. The molecule has 0 radical (unpaired) electrons. The summed E-state index contributed by atoms with van der Waals surface area (Å²) in [5.41, 5.74) is 2.07. The molecular formula is C21H27N3O2. The van der Waals surface area contributed by atoms with Gasteiger partial charge in [-0.05, 0) is 42.9 Å². The quantitative estimate of drug-likeness (QED) is 0.813. The van der Waals surface area contributed by atoms with E-state index in [0.29, 0.717) is 6.61 Å². The molecule has 1 aliphatic rings. The zero-order valence-electron chi connectivity index (χ0n) is 15.4. The van der Waals surface area contributed by atoms with Crippen LogP contribution in [0.15, 0.2) is 48.7 Å². The smallest absolute Gasteiger partial charge is 0.410 e. The molecule has 1 aliphatic heterocycles. The third kappa shape index (κ3) is 4.75. The summed E-state index contributed by atoms with van der Waals surface area (Å²) in [6.07, 6.45) is 5.78. The summed E-state index contributed by atoms with van der Waals surface area (Å²) < 4.78 is 5.55. The second kappa shape index (κ2) is 9.22. The number of hydrogen-bond acceptors (Lipinski definition) is 4. The van der Waals surface area contributed by atoms with E-state index in [1.165, 1.54) is 0 Å². The van der Waals surface area contributed by atoms with Crippen molar-refractivity contribution in [3.8, 4) is 0 Å². The number of nitrogens with one attached hydrogen (secondary N) is 1. The van der Waals surface area contributed by atoms with Crippen LogP contribution < -0.4 is 5.32 Å². The average molecular weight is 353 g/mol. The number of ether oxygens (including phenoxy) is 1. The number of hydrogen-bond donors (Lipinski definition) is 1. The summed E-state index contributed by atoms with van der Waals surface area (Å²) in [5.74, 6) is 0.879. The van der Waals surface area contributed by atoms with Crippen molar-refractivity contribution < 1.29 is 9.53 Å². The molecule has 0 aliphatic carbocycles. The first-order valence-corrected chi connectivity index (χ1v) is 9.45. The van der Waals surface area contributed by atoms with Crippen molar-refractivity contribution in [1.82, 2.24) is 9.88 Å². The van der Waals surface area contributed by atoms with Gasteiger partial charge in [0, 0.05) is 19.3 Å². The van der Waals surface area contributed by atoms with Crippen LogP contribution in [-0.4, -0.2) is 29.1 Å². The highest BCUT2D eigenvalue weighted by atomic mass is 16.6. The van der Waals surface area contributed by atoms with Crippen LogP contribution in [0.4, 0.5) is 10.6 Å². The largest absolute Gasteiger partial charge is 0.445 e. The lowest BCUT2D eigenvalue weighted by Gasteiger charge is -2.35. The number of aromatic nitrogens is 1. The van der Waals surface area contributed by atoms with Crippen LogP contribution in [0.2, 0.25) is 0 Å². The number of nitrogens with zero attached hydrogens (tertiary/aromatic N) is 2. The van der Waals surface area contributed by atoms with Crippen LogP contribution in [0.3, 0.4) is 0 Å². The minimum atomic E-state index is -0.244. The fourth-order valence-corrected chi connectivity index (χ4v) is 3.26. The normalized spacial score (nSPS) is 17.0. The van der Waals surface area contributed by atoms with E-state index in [4.69, 9.17) is 4.74 Å². The molecule has 2 aromatic rings. The first kappa shape index (κ1) is 18.2. The molecule has 1 amide bonds. The Morgan fingerprint density at radius 3 is 2.81 bits per heavy atom. The van der Waals surface area contributed by atoms with Gasteiger partial charge in [-0.3, -0.25) is 0 Å². The number of piperidine rings is 1. The molecule has 138 valence electrons. The van der Waals surface area contributed by atoms with Gasteiger partial charge in [0.25, 0.3) is 0 Å². The molecule has 1 atom stereocenters. The average Bonchev–Trinajstić information content (AvgIpc) is 2.71. The van der Waals surface area contributed by atoms with E-state index in [9.17, 15) is 4.79 Å². The Hall–Kier alpha value is -2.56.